The van der Waals surface area contributed by atoms with Crippen LogP contribution in [0.15, 0.2) is 52.9 Å². The van der Waals surface area contributed by atoms with Crippen molar-refractivity contribution in [3.05, 3.63) is 70.0 Å². The molecule has 0 atom stereocenters. The van der Waals surface area contributed by atoms with E-state index in [0.717, 1.165) is 0 Å². The zero-order chi connectivity index (χ0) is 15.0. The van der Waals surface area contributed by atoms with Gasteiger partial charge < -0.3 is 10.2 Å². The molecule has 3 rings (SSSR count). The molecule has 0 amide bonds. The lowest BCUT2D eigenvalue weighted by Gasteiger charge is -1.97. The minimum absolute atomic E-state index is 0.00306. The Labute approximate surface area is 118 Å². The molecule has 0 bridgehead atoms. The summed E-state index contributed by atoms with van der Waals surface area (Å²) in [6, 6.07) is 12.6. The number of ketones is 1. The average molecular weight is 282 g/mol. The average Bonchev–Trinajstić information content (AvgIpc) is 2.84. The summed E-state index contributed by atoms with van der Waals surface area (Å²) < 4.78 is 5.43. The molecule has 0 radical (unpaired) electrons. The molecule has 2 aromatic carbocycles. The highest BCUT2D eigenvalue weighted by Crippen LogP contribution is 2.32. The summed E-state index contributed by atoms with van der Waals surface area (Å²) in [5.41, 5.74) is 6.66. The number of nitro benzene ring substituents is 1. The lowest BCUT2D eigenvalue weighted by Crippen LogP contribution is -2.02. The lowest BCUT2D eigenvalue weighted by atomic mass is 10.1. The van der Waals surface area contributed by atoms with E-state index in [2.05, 4.69) is 0 Å². The normalized spacial score (nSPS) is 10.7. The maximum Gasteiger partial charge on any atom is 0.273 e. The first-order chi connectivity index (χ1) is 10.1. The van der Waals surface area contributed by atoms with Gasteiger partial charge in [0.15, 0.2) is 5.76 Å². The molecule has 1 aromatic heterocycles. The Morgan fingerprint density at radius 3 is 2.52 bits per heavy atom. The first kappa shape index (κ1) is 12.9. The van der Waals surface area contributed by atoms with Gasteiger partial charge in [0.25, 0.3) is 5.69 Å². The summed E-state index contributed by atoms with van der Waals surface area (Å²) in [6.45, 7) is 0. The Balaban J connectivity index is 2.14. The van der Waals surface area contributed by atoms with Gasteiger partial charge in [-0.15, -0.1) is 0 Å². The Morgan fingerprint density at radius 2 is 1.86 bits per heavy atom. The highest BCUT2D eigenvalue weighted by atomic mass is 16.6. The number of carbonyl (C=O) groups excluding carboxylic acids is 1. The van der Waals surface area contributed by atoms with Crippen LogP contribution >= 0.6 is 0 Å². The first-order valence-electron chi connectivity index (χ1n) is 6.14. The van der Waals surface area contributed by atoms with Crippen molar-refractivity contribution < 1.29 is 14.1 Å². The summed E-state index contributed by atoms with van der Waals surface area (Å²) in [5.74, 6) is -0.358. The van der Waals surface area contributed by atoms with Crippen molar-refractivity contribution in [2.45, 2.75) is 0 Å². The topological polar surface area (TPSA) is 99.4 Å². The second-order valence-electron chi connectivity index (χ2n) is 4.48. The maximum absolute atomic E-state index is 12.3. The van der Waals surface area contributed by atoms with Gasteiger partial charge in [-0.05, 0) is 6.07 Å². The predicted molar refractivity (Wildman–Crippen MR) is 77.2 cm³/mol. The van der Waals surface area contributed by atoms with E-state index in [1.807, 2.05) is 0 Å². The summed E-state index contributed by atoms with van der Waals surface area (Å²) in [4.78, 5) is 22.6. The fourth-order valence-corrected chi connectivity index (χ4v) is 2.11. The fourth-order valence-electron chi connectivity index (χ4n) is 2.11. The van der Waals surface area contributed by atoms with Gasteiger partial charge in [-0.2, -0.15) is 0 Å². The van der Waals surface area contributed by atoms with E-state index in [-0.39, 0.29) is 28.5 Å². The van der Waals surface area contributed by atoms with Crippen molar-refractivity contribution in [1.29, 1.82) is 0 Å². The van der Waals surface area contributed by atoms with Crippen molar-refractivity contribution >= 4 is 28.1 Å². The van der Waals surface area contributed by atoms with E-state index in [1.54, 1.807) is 30.3 Å². The van der Waals surface area contributed by atoms with Crippen LogP contribution in [0.2, 0.25) is 0 Å². The SMILES string of the molecule is Nc1c(C(=O)c2ccccc2)oc2cc([N+](=O)[O-])ccc12. The third-order valence-electron chi connectivity index (χ3n) is 3.17. The molecule has 1 heterocycles. The first-order valence-corrected chi connectivity index (χ1v) is 6.14. The number of nitro groups is 1. The molecule has 6 heteroatoms. The molecular formula is C15H10N2O4. The van der Waals surface area contributed by atoms with E-state index in [4.69, 9.17) is 10.2 Å². The van der Waals surface area contributed by atoms with Gasteiger partial charge >= 0.3 is 0 Å². The third kappa shape index (κ3) is 2.12. The van der Waals surface area contributed by atoms with Crippen LogP contribution in [-0.4, -0.2) is 10.7 Å². The second kappa shape index (κ2) is 4.75. The maximum atomic E-state index is 12.3. The molecule has 104 valence electrons. The summed E-state index contributed by atoms with van der Waals surface area (Å²) in [6.07, 6.45) is 0. The largest absolute Gasteiger partial charge is 0.450 e. The minimum Gasteiger partial charge on any atom is -0.450 e. The molecule has 0 saturated heterocycles. The van der Waals surface area contributed by atoms with E-state index < -0.39 is 4.92 Å². The van der Waals surface area contributed by atoms with Crippen LogP contribution < -0.4 is 5.73 Å². The quantitative estimate of drug-likeness (QED) is 0.452. The van der Waals surface area contributed by atoms with Crippen molar-refractivity contribution in [3.8, 4) is 0 Å². The van der Waals surface area contributed by atoms with Crippen molar-refractivity contribution in [2.75, 3.05) is 5.73 Å². The van der Waals surface area contributed by atoms with Gasteiger partial charge in [-0.3, -0.25) is 14.9 Å². The Kier molecular flexibility index (Phi) is 2.91. The smallest absolute Gasteiger partial charge is 0.273 e. The molecule has 21 heavy (non-hydrogen) atoms. The molecular weight excluding hydrogens is 272 g/mol. The Morgan fingerprint density at radius 1 is 1.14 bits per heavy atom. The molecule has 0 unspecified atom stereocenters. The Hall–Kier alpha value is -3.15. The molecule has 6 nitrogen and oxygen atoms in total. The van der Waals surface area contributed by atoms with Gasteiger partial charge in [-0.25, -0.2) is 0 Å². The number of hydrogen-bond acceptors (Lipinski definition) is 5. The molecule has 0 spiro atoms. The number of hydrogen-bond donors (Lipinski definition) is 1. The molecule has 2 N–H and O–H groups in total. The summed E-state index contributed by atoms with van der Waals surface area (Å²) in [7, 11) is 0. The van der Waals surface area contributed by atoms with Gasteiger partial charge in [0, 0.05) is 17.0 Å². The number of benzene rings is 2. The fraction of sp³-hybridized carbons (Fsp3) is 0. The highest BCUT2D eigenvalue weighted by molar-refractivity contribution is 6.14. The standard InChI is InChI=1S/C15H10N2O4/c16-13-11-7-6-10(17(19)20)8-12(11)21-15(13)14(18)9-4-2-1-3-5-9/h1-8H,16H2. The number of non-ortho nitro benzene ring substituents is 1. The number of furan rings is 1. The molecule has 0 aliphatic heterocycles. The zero-order valence-corrected chi connectivity index (χ0v) is 10.8. The van der Waals surface area contributed by atoms with Crippen LogP contribution in [0.25, 0.3) is 11.0 Å². The van der Waals surface area contributed by atoms with Crippen LogP contribution in [0.3, 0.4) is 0 Å². The number of nitrogen functional groups attached to an aromatic ring is 1. The molecule has 3 aromatic rings. The predicted octanol–water partition coefficient (Wildman–Crippen LogP) is 3.15. The number of fused-ring (bicyclic) bond motifs is 1. The lowest BCUT2D eigenvalue weighted by molar-refractivity contribution is -0.384. The van der Waals surface area contributed by atoms with Crippen LogP contribution in [0, 0.1) is 10.1 Å². The van der Waals surface area contributed by atoms with E-state index in [0.29, 0.717) is 10.9 Å². The monoisotopic (exact) mass is 282 g/mol. The number of nitrogens with two attached hydrogens (primary N) is 1. The van der Waals surface area contributed by atoms with E-state index in [9.17, 15) is 14.9 Å². The minimum atomic E-state index is -0.531. The van der Waals surface area contributed by atoms with E-state index in [1.165, 1.54) is 18.2 Å². The van der Waals surface area contributed by atoms with E-state index >= 15 is 0 Å². The molecule has 0 aliphatic rings. The van der Waals surface area contributed by atoms with Crippen LogP contribution in [0.4, 0.5) is 11.4 Å². The van der Waals surface area contributed by atoms with Crippen LogP contribution in [0.1, 0.15) is 16.1 Å². The van der Waals surface area contributed by atoms with Crippen LogP contribution in [-0.2, 0) is 0 Å². The van der Waals surface area contributed by atoms with Gasteiger partial charge in [-0.1, -0.05) is 30.3 Å². The second-order valence-corrected chi connectivity index (χ2v) is 4.48. The van der Waals surface area contributed by atoms with Crippen molar-refractivity contribution in [2.24, 2.45) is 0 Å². The van der Waals surface area contributed by atoms with Gasteiger partial charge in [0.1, 0.15) is 5.58 Å². The number of rotatable bonds is 3. The summed E-state index contributed by atoms with van der Waals surface area (Å²) in [5, 5.41) is 11.2. The third-order valence-corrected chi connectivity index (χ3v) is 3.17. The van der Waals surface area contributed by atoms with Crippen molar-refractivity contribution in [3.63, 3.8) is 0 Å². The molecule has 0 saturated carbocycles. The van der Waals surface area contributed by atoms with Crippen molar-refractivity contribution in [1.82, 2.24) is 0 Å². The number of nitrogens with zero attached hydrogens (tertiary/aromatic N) is 1. The number of carbonyl (C=O) groups is 1. The van der Waals surface area contributed by atoms with Gasteiger partial charge in [0.05, 0.1) is 16.7 Å². The number of anilines is 1. The molecule has 0 aliphatic carbocycles. The highest BCUT2D eigenvalue weighted by Gasteiger charge is 2.21. The van der Waals surface area contributed by atoms with Gasteiger partial charge in [0.2, 0.25) is 5.78 Å². The molecule has 0 fully saturated rings. The van der Waals surface area contributed by atoms with Crippen LogP contribution in [0.5, 0.6) is 0 Å². The zero-order valence-electron chi connectivity index (χ0n) is 10.8. The Bertz CT molecular complexity index is 853. The summed E-state index contributed by atoms with van der Waals surface area (Å²) >= 11 is 0.